The maximum absolute atomic E-state index is 10.7. The first-order chi connectivity index (χ1) is 4.79. The zero-order valence-corrected chi connectivity index (χ0v) is 5.84. The molecule has 0 radical (unpaired) electrons. The topological polar surface area (TPSA) is 44.8 Å². The van der Waals surface area contributed by atoms with E-state index in [1.165, 1.54) is 14.2 Å². The quantitative estimate of drug-likeness (QED) is 0.513. The Morgan fingerprint density at radius 2 is 2.10 bits per heavy atom. The minimum atomic E-state index is -0.459. The molecule has 1 aliphatic rings. The van der Waals surface area contributed by atoms with Crippen molar-refractivity contribution in [1.29, 1.82) is 0 Å². The Morgan fingerprint density at radius 1 is 1.40 bits per heavy atom. The monoisotopic (exact) mass is 144 g/mol. The fourth-order valence-electron chi connectivity index (χ4n) is 0.725. The van der Waals surface area contributed by atoms with Gasteiger partial charge < -0.3 is 14.2 Å². The van der Waals surface area contributed by atoms with E-state index < -0.39 is 5.97 Å². The molecule has 56 valence electrons. The summed E-state index contributed by atoms with van der Waals surface area (Å²) in [6.07, 6.45) is 0. The van der Waals surface area contributed by atoms with Crippen LogP contribution in [0.5, 0.6) is 0 Å². The van der Waals surface area contributed by atoms with Crippen LogP contribution in [0.1, 0.15) is 0 Å². The Balaban J connectivity index is 2.81. The van der Waals surface area contributed by atoms with Gasteiger partial charge in [0.15, 0.2) is 12.4 Å². The first kappa shape index (κ1) is 6.92. The van der Waals surface area contributed by atoms with Crippen molar-refractivity contribution in [3.8, 4) is 0 Å². The van der Waals surface area contributed by atoms with Gasteiger partial charge in [-0.3, -0.25) is 0 Å². The molecule has 0 atom stereocenters. The van der Waals surface area contributed by atoms with Gasteiger partial charge in [-0.1, -0.05) is 0 Å². The molecule has 0 N–H and O–H groups in total. The molecule has 0 aromatic carbocycles. The highest BCUT2D eigenvalue weighted by molar-refractivity contribution is 5.88. The summed E-state index contributed by atoms with van der Waals surface area (Å²) >= 11 is 0. The Bertz CT molecular complexity index is 182. The Hall–Kier alpha value is -1.19. The number of methoxy groups -OCH3 is 2. The highest BCUT2D eigenvalue weighted by Crippen LogP contribution is 2.15. The van der Waals surface area contributed by atoms with Crippen molar-refractivity contribution in [2.75, 3.05) is 20.8 Å². The molecular formula is C6H8O4. The van der Waals surface area contributed by atoms with E-state index in [9.17, 15) is 4.79 Å². The highest BCUT2D eigenvalue weighted by Gasteiger charge is 2.26. The second-order valence-electron chi connectivity index (χ2n) is 1.74. The van der Waals surface area contributed by atoms with Crippen molar-refractivity contribution in [2.24, 2.45) is 0 Å². The minimum absolute atomic E-state index is 0.169. The van der Waals surface area contributed by atoms with Gasteiger partial charge in [0, 0.05) is 0 Å². The fourth-order valence-corrected chi connectivity index (χ4v) is 0.725. The van der Waals surface area contributed by atoms with Crippen LogP contribution in [0.2, 0.25) is 0 Å². The molecule has 0 amide bonds. The molecule has 0 aromatic rings. The van der Waals surface area contributed by atoms with E-state index in [1.807, 2.05) is 0 Å². The first-order valence-electron chi connectivity index (χ1n) is 2.78. The Morgan fingerprint density at radius 3 is 2.50 bits per heavy atom. The smallest absolute Gasteiger partial charge is 0.377 e. The summed E-state index contributed by atoms with van der Waals surface area (Å²) in [7, 11) is 2.87. The lowest BCUT2D eigenvalue weighted by atomic mass is 10.4. The van der Waals surface area contributed by atoms with Crippen LogP contribution in [0.4, 0.5) is 0 Å². The summed E-state index contributed by atoms with van der Waals surface area (Å²) in [4.78, 5) is 10.7. The summed E-state index contributed by atoms with van der Waals surface area (Å²) in [5.41, 5.74) is 0. The first-order valence-corrected chi connectivity index (χ1v) is 2.78. The fraction of sp³-hybridized carbons (Fsp3) is 0.500. The van der Waals surface area contributed by atoms with Crippen LogP contribution in [0, 0.1) is 0 Å². The third-order valence-electron chi connectivity index (χ3n) is 1.22. The third-order valence-corrected chi connectivity index (χ3v) is 1.22. The average molecular weight is 144 g/mol. The number of hydrogen-bond acceptors (Lipinski definition) is 4. The van der Waals surface area contributed by atoms with Crippen molar-refractivity contribution in [2.45, 2.75) is 0 Å². The van der Waals surface area contributed by atoms with E-state index in [4.69, 9.17) is 9.47 Å². The number of esters is 1. The largest absolute Gasteiger partial charge is 0.493 e. The predicted octanol–water partition coefficient (Wildman–Crippen LogP) is 0.0476. The predicted molar refractivity (Wildman–Crippen MR) is 32.0 cm³/mol. The number of cyclic esters (lactones) is 1. The number of ether oxygens (including phenoxy) is 3. The van der Waals surface area contributed by atoms with Gasteiger partial charge in [0.25, 0.3) is 0 Å². The van der Waals surface area contributed by atoms with Crippen molar-refractivity contribution in [1.82, 2.24) is 0 Å². The minimum Gasteiger partial charge on any atom is -0.493 e. The number of carbonyl (C=O) groups is 1. The molecule has 4 heteroatoms. The molecule has 0 saturated heterocycles. The van der Waals surface area contributed by atoms with E-state index >= 15 is 0 Å². The molecule has 0 aliphatic carbocycles. The number of carbonyl (C=O) groups excluding carboxylic acids is 1. The molecule has 0 bridgehead atoms. The summed E-state index contributed by atoms with van der Waals surface area (Å²) in [6.45, 7) is 0.179. The zero-order valence-electron chi connectivity index (χ0n) is 5.84. The summed E-state index contributed by atoms with van der Waals surface area (Å²) in [5, 5.41) is 0. The standard InChI is InChI=1S/C6H8O4/c1-8-4-3-10-6(7)5(4)9-2/h3H2,1-2H3. The van der Waals surface area contributed by atoms with E-state index in [1.54, 1.807) is 0 Å². The number of hydrogen-bond donors (Lipinski definition) is 0. The molecule has 10 heavy (non-hydrogen) atoms. The van der Waals surface area contributed by atoms with Crippen LogP contribution < -0.4 is 0 Å². The van der Waals surface area contributed by atoms with Gasteiger partial charge in [0.2, 0.25) is 5.76 Å². The third kappa shape index (κ3) is 0.920. The van der Waals surface area contributed by atoms with Gasteiger partial charge in [0.05, 0.1) is 14.2 Å². The maximum atomic E-state index is 10.7. The van der Waals surface area contributed by atoms with Crippen molar-refractivity contribution in [3.05, 3.63) is 11.5 Å². The normalized spacial score (nSPS) is 17.2. The summed E-state index contributed by atoms with van der Waals surface area (Å²) < 4.78 is 14.1. The van der Waals surface area contributed by atoms with Gasteiger partial charge in [-0.15, -0.1) is 0 Å². The van der Waals surface area contributed by atoms with Gasteiger partial charge in [-0.2, -0.15) is 0 Å². The molecule has 1 rings (SSSR count). The van der Waals surface area contributed by atoms with Gasteiger partial charge in [-0.25, -0.2) is 4.79 Å². The highest BCUT2D eigenvalue weighted by atomic mass is 16.6. The maximum Gasteiger partial charge on any atom is 0.377 e. The van der Waals surface area contributed by atoms with E-state index in [0.717, 1.165) is 0 Å². The van der Waals surface area contributed by atoms with Gasteiger partial charge in [0.1, 0.15) is 0 Å². The van der Waals surface area contributed by atoms with Crippen molar-refractivity contribution in [3.63, 3.8) is 0 Å². The average Bonchev–Trinajstić information content (AvgIpc) is 2.30. The van der Waals surface area contributed by atoms with Crippen molar-refractivity contribution >= 4 is 5.97 Å². The summed E-state index contributed by atoms with van der Waals surface area (Å²) in [5.74, 6) is 0.161. The zero-order chi connectivity index (χ0) is 7.56. The van der Waals surface area contributed by atoms with Crippen LogP contribution >= 0.6 is 0 Å². The van der Waals surface area contributed by atoms with Gasteiger partial charge in [-0.05, 0) is 0 Å². The molecule has 1 heterocycles. The molecule has 0 unspecified atom stereocenters. The SMILES string of the molecule is COC1=C(OC)C(=O)OC1. The van der Waals surface area contributed by atoms with Crippen LogP contribution in [0.3, 0.4) is 0 Å². The van der Waals surface area contributed by atoms with Crippen molar-refractivity contribution < 1.29 is 19.0 Å². The second-order valence-corrected chi connectivity index (χ2v) is 1.74. The molecule has 0 aromatic heterocycles. The van der Waals surface area contributed by atoms with Crippen LogP contribution in [0.15, 0.2) is 11.5 Å². The number of rotatable bonds is 2. The Labute approximate surface area is 58.4 Å². The van der Waals surface area contributed by atoms with Crippen LogP contribution in [0.25, 0.3) is 0 Å². The molecule has 0 fully saturated rings. The van der Waals surface area contributed by atoms with Crippen LogP contribution in [-0.4, -0.2) is 26.8 Å². The molecular weight excluding hydrogens is 136 g/mol. The summed E-state index contributed by atoms with van der Waals surface area (Å²) in [6, 6.07) is 0. The molecule has 0 spiro atoms. The van der Waals surface area contributed by atoms with Crippen LogP contribution in [-0.2, 0) is 19.0 Å². The molecule has 1 aliphatic heterocycles. The molecule has 0 saturated carbocycles. The lowest BCUT2D eigenvalue weighted by molar-refractivity contribution is -0.138. The lowest BCUT2D eigenvalue weighted by Crippen LogP contribution is -2.00. The van der Waals surface area contributed by atoms with E-state index in [2.05, 4.69) is 4.74 Å². The Kier molecular flexibility index (Phi) is 1.80. The van der Waals surface area contributed by atoms with E-state index in [-0.39, 0.29) is 12.4 Å². The molecule has 4 nitrogen and oxygen atoms in total. The second kappa shape index (κ2) is 2.60. The van der Waals surface area contributed by atoms with Gasteiger partial charge >= 0.3 is 5.97 Å². The lowest BCUT2D eigenvalue weighted by Gasteiger charge is -1.97. The van der Waals surface area contributed by atoms with E-state index in [0.29, 0.717) is 5.76 Å².